The zero-order valence-electron chi connectivity index (χ0n) is 9.09. The van der Waals surface area contributed by atoms with Gasteiger partial charge in [-0.15, -0.1) is 0 Å². The van der Waals surface area contributed by atoms with Gasteiger partial charge < -0.3 is 0 Å². The lowest BCUT2D eigenvalue weighted by atomic mass is 10.2. The summed E-state index contributed by atoms with van der Waals surface area (Å²) in [5.41, 5.74) is 0. The fourth-order valence-electron chi connectivity index (χ4n) is 1.67. The molecule has 1 fully saturated rings. The van der Waals surface area contributed by atoms with Gasteiger partial charge >= 0.3 is 0 Å². The quantitative estimate of drug-likeness (QED) is 0.690. The highest BCUT2D eigenvalue weighted by atomic mass is 79.9. The van der Waals surface area contributed by atoms with Crippen LogP contribution in [-0.4, -0.2) is 56.8 Å². The lowest BCUT2D eigenvalue weighted by molar-refractivity contribution is 0.468. The summed E-state index contributed by atoms with van der Waals surface area (Å²) >= 11 is 3.18. The van der Waals surface area contributed by atoms with Crippen molar-refractivity contribution in [1.82, 2.24) is 4.31 Å². The Morgan fingerprint density at radius 3 is 2.25 bits per heavy atom. The van der Waals surface area contributed by atoms with Crippen LogP contribution in [0.25, 0.3) is 0 Å². The van der Waals surface area contributed by atoms with E-state index in [1.807, 2.05) is 0 Å². The van der Waals surface area contributed by atoms with E-state index in [4.69, 9.17) is 0 Å². The summed E-state index contributed by atoms with van der Waals surface area (Å²) in [6.45, 7) is 0.408. The number of sulfone groups is 1. The molecular formula is C8H16BrNO4S2. The van der Waals surface area contributed by atoms with Crippen LogP contribution in [0.4, 0.5) is 0 Å². The molecule has 0 aliphatic carbocycles. The monoisotopic (exact) mass is 333 g/mol. The molecule has 1 heterocycles. The molecule has 0 aromatic rings. The zero-order chi connectivity index (χ0) is 12.4. The van der Waals surface area contributed by atoms with Gasteiger partial charge in [-0.2, -0.15) is 0 Å². The van der Waals surface area contributed by atoms with Gasteiger partial charge in [0.2, 0.25) is 10.0 Å². The molecular weight excluding hydrogens is 318 g/mol. The lowest BCUT2D eigenvalue weighted by Crippen LogP contribution is -2.41. The minimum atomic E-state index is -3.34. The standard InChI is InChI=1S/C8H16BrNO4S2/c1-10(5-4-9)16(13,14)8-2-6-15(11,12)7-3-8/h8H,2-7H2,1H3. The van der Waals surface area contributed by atoms with Gasteiger partial charge in [-0.25, -0.2) is 21.1 Å². The summed E-state index contributed by atoms with van der Waals surface area (Å²) in [6, 6.07) is 0. The van der Waals surface area contributed by atoms with E-state index in [2.05, 4.69) is 15.9 Å². The maximum Gasteiger partial charge on any atom is 0.216 e. The van der Waals surface area contributed by atoms with Gasteiger partial charge in [0.1, 0.15) is 9.84 Å². The largest absolute Gasteiger partial charge is 0.229 e. The van der Waals surface area contributed by atoms with Crippen molar-refractivity contribution in [3.63, 3.8) is 0 Å². The second kappa shape index (κ2) is 5.32. The highest BCUT2D eigenvalue weighted by Gasteiger charge is 2.34. The molecule has 0 radical (unpaired) electrons. The first-order chi connectivity index (χ1) is 7.29. The summed E-state index contributed by atoms with van der Waals surface area (Å²) in [5, 5.41) is 0.0355. The van der Waals surface area contributed by atoms with Crippen molar-refractivity contribution in [3.05, 3.63) is 0 Å². The van der Waals surface area contributed by atoms with Crippen molar-refractivity contribution in [2.75, 3.05) is 30.4 Å². The van der Waals surface area contributed by atoms with Crippen molar-refractivity contribution < 1.29 is 16.8 Å². The lowest BCUT2D eigenvalue weighted by Gasteiger charge is -2.26. The van der Waals surface area contributed by atoms with Crippen LogP contribution in [0.5, 0.6) is 0 Å². The third kappa shape index (κ3) is 3.41. The van der Waals surface area contributed by atoms with Gasteiger partial charge in [-0.1, -0.05) is 15.9 Å². The van der Waals surface area contributed by atoms with Crippen LogP contribution < -0.4 is 0 Å². The number of nitrogens with zero attached hydrogens (tertiary/aromatic N) is 1. The molecule has 0 unspecified atom stereocenters. The molecule has 0 N–H and O–H groups in total. The molecule has 1 saturated heterocycles. The number of hydrogen-bond donors (Lipinski definition) is 0. The zero-order valence-corrected chi connectivity index (χ0v) is 12.3. The highest BCUT2D eigenvalue weighted by Crippen LogP contribution is 2.21. The fraction of sp³-hybridized carbons (Fsp3) is 1.00. The number of rotatable bonds is 4. The molecule has 0 aromatic carbocycles. The maximum absolute atomic E-state index is 12.0. The van der Waals surface area contributed by atoms with E-state index in [9.17, 15) is 16.8 Å². The normalized spacial score (nSPS) is 22.4. The Morgan fingerprint density at radius 2 is 1.81 bits per heavy atom. The van der Waals surface area contributed by atoms with Gasteiger partial charge in [0.15, 0.2) is 0 Å². The molecule has 0 spiro atoms. The smallest absolute Gasteiger partial charge is 0.216 e. The molecule has 5 nitrogen and oxygen atoms in total. The maximum atomic E-state index is 12.0. The van der Waals surface area contributed by atoms with Crippen LogP contribution >= 0.6 is 15.9 Å². The van der Waals surface area contributed by atoms with E-state index >= 15 is 0 Å². The Labute approximate surface area is 105 Å². The molecule has 1 rings (SSSR count). The minimum absolute atomic E-state index is 0.0148. The van der Waals surface area contributed by atoms with E-state index in [-0.39, 0.29) is 24.3 Å². The van der Waals surface area contributed by atoms with Crippen molar-refractivity contribution in [3.8, 4) is 0 Å². The Morgan fingerprint density at radius 1 is 1.31 bits per heavy atom. The van der Waals surface area contributed by atoms with Crippen LogP contribution in [0.2, 0.25) is 0 Å². The van der Waals surface area contributed by atoms with Gasteiger partial charge in [0.05, 0.1) is 16.8 Å². The van der Waals surface area contributed by atoms with Gasteiger partial charge in [0, 0.05) is 18.9 Å². The van der Waals surface area contributed by atoms with E-state index in [0.717, 1.165) is 0 Å². The van der Waals surface area contributed by atoms with Crippen LogP contribution in [0.3, 0.4) is 0 Å². The Hall–Kier alpha value is 0.340. The molecule has 0 bridgehead atoms. The predicted octanol–water partition coefficient (Wildman–Crippen LogP) is 0.220. The molecule has 96 valence electrons. The number of alkyl halides is 1. The van der Waals surface area contributed by atoms with E-state index in [1.165, 1.54) is 11.4 Å². The Kier molecular flexibility index (Phi) is 4.79. The first kappa shape index (κ1) is 14.4. The number of hydrogen-bond acceptors (Lipinski definition) is 4. The van der Waals surface area contributed by atoms with Crippen LogP contribution in [-0.2, 0) is 19.9 Å². The molecule has 0 atom stereocenters. The van der Waals surface area contributed by atoms with Crippen LogP contribution in [0.15, 0.2) is 0 Å². The van der Waals surface area contributed by atoms with Crippen molar-refractivity contribution in [2.45, 2.75) is 18.1 Å². The van der Waals surface area contributed by atoms with Gasteiger partial charge in [0.25, 0.3) is 0 Å². The average molecular weight is 334 g/mol. The second-order valence-electron chi connectivity index (χ2n) is 3.91. The minimum Gasteiger partial charge on any atom is -0.229 e. The molecule has 8 heteroatoms. The van der Waals surface area contributed by atoms with Crippen molar-refractivity contribution in [2.24, 2.45) is 0 Å². The molecule has 16 heavy (non-hydrogen) atoms. The third-order valence-corrected chi connectivity index (χ3v) is 7.19. The Balaban J connectivity index is 2.72. The van der Waals surface area contributed by atoms with Gasteiger partial charge in [-0.05, 0) is 12.8 Å². The van der Waals surface area contributed by atoms with E-state index in [0.29, 0.717) is 11.9 Å². The van der Waals surface area contributed by atoms with Gasteiger partial charge in [-0.3, -0.25) is 0 Å². The SMILES string of the molecule is CN(CCBr)S(=O)(=O)C1CCS(=O)(=O)CC1. The Bertz CT molecular complexity index is 417. The summed E-state index contributed by atoms with van der Waals surface area (Å²) < 4.78 is 47.7. The van der Waals surface area contributed by atoms with Crippen LogP contribution in [0, 0.1) is 0 Å². The summed E-state index contributed by atoms with van der Waals surface area (Å²) in [6.07, 6.45) is 0.439. The van der Waals surface area contributed by atoms with Crippen molar-refractivity contribution >= 4 is 35.8 Å². The highest BCUT2D eigenvalue weighted by molar-refractivity contribution is 9.09. The van der Waals surface area contributed by atoms with E-state index in [1.54, 1.807) is 0 Å². The topological polar surface area (TPSA) is 71.5 Å². The molecule has 1 aliphatic rings. The second-order valence-corrected chi connectivity index (χ2v) is 9.32. The molecule has 0 saturated carbocycles. The van der Waals surface area contributed by atoms with Crippen molar-refractivity contribution in [1.29, 1.82) is 0 Å². The summed E-state index contributed by atoms with van der Waals surface area (Å²) in [4.78, 5) is 0. The average Bonchev–Trinajstić information content (AvgIpc) is 2.17. The molecule has 1 aliphatic heterocycles. The first-order valence-corrected chi connectivity index (χ1v) is 9.46. The van der Waals surface area contributed by atoms with E-state index < -0.39 is 25.1 Å². The van der Waals surface area contributed by atoms with Crippen LogP contribution in [0.1, 0.15) is 12.8 Å². The fourth-order valence-corrected chi connectivity index (χ4v) is 5.91. The molecule has 0 aromatic heterocycles. The predicted molar refractivity (Wildman–Crippen MR) is 67.0 cm³/mol. The number of halogens is 1. The summed E-state index contributed by atoms with van der Waals surface area (Å²) in [5.74, 6) is -0.0297. The third-order valence-electron chi connectivity index (χ3n) is 2.76. The molecule has 0 amide bonds. The summed E-state index contributed by atoms with van der Waals surface area (Å²) in [7, 11) is -4.81. The number of sulfonamides is 1. The first-order valence-electron chi connectivity index (χ1n) is 5.01.